The van der Waals surface area contributed by atoms with Crippen molar-refractivity contribution in [2.45, 2.75) is 6.92 Å². The van der Waals surface area contributed by atoms with Crippen LogP contribution in [-0.4, -0.2) is 16.7 Å². The topological polar surface area (TPSA) is 59.1 Å². The SMILES string of the molecule is Cc1ccc(C(=O)Nc2ccc(C(=O)/C=C/c3cccnc3)cc2)cc1. The molecule has 1 amide bonds. The Hall–Kier alpha value is -3.53. The quantitative estimate of drug-likeness (QED) is 0.547. The zero-order valence-corrected chi connectivity index (χ0v) is 14.3. The fraction of sp³-hybridized carbons (Fsp3) is 0.0455. The van der Waals surface area contributed by atoms with Crippen molar-refractivity contribution in [2.24, 2.45) is 0 Å². The molecule has 1 N–H and O–H groups in total. The average molecular weight is 342 g/mol. The molecule has 0 aliphatic carbocycles. The van der Waals surface area contributed by atoms with Crippen LogP contribution in [0.5, 0.6) is 0 Å². The first kappa shape index (κ1) is 17.3. The van der Waals surface area contributed by atoms with Crippen LogP contribution in [-0.2, 0) is 0 Å². The fourth-order valence-corrected chi connectivity index (χ4v) is 2.37. The van der Waals surface area contributed by atoms with Crippen LogP contribution in [0, 0.1) is 6.92 Å². The van der Waals surface area contributed by atoms with Gasteiger partial charge in [0.2, 0.25) is 0 Å². The van der Waals surface area contributed by atoms with Crippen molar-refractivity contribution in [1.29, 1.82) is 0 Å². The Morgan fingerprint density at radius 2 is 1.62 bits per heavy atom. The van der Waals surface area contributed by atoms with Crippen LogP contribution in [0.1, 0.15) is 31.8 Å². The van der Waals surface area contributed by atoms with Crippen LogP contribution in [0.3, 0.4) is 0 Å². The molecular formula is C22H18N2O2. The van der Waals surface area contributed by atoms with Gasteiger partial charge in [-0.2, -0.15) is 0 Å². The number of nitrogens with zero attached hydrogens (tertiary/aromatic N) is 1. The highest BCUT2D eigenvalue weighted by Crippen LogP contribution is 2.13. The maximum absolute atomic E-state index is 12.2. The number of allylic oxidation sites excluding steroid dienone is 1. The lowest BCUT2D eigenvalue weighted by Gasteiger charge is -2.06. The van der Waals surface area contributed by atoms with Gasteiger partial charge in [-0.3, -0.25) is 14.6 Å². The Morgan fingerprint density at radius 1 is 0.923 bits per heavy atom. The Morgan fingerprint density at radius 3 is 2.27 bits per heavy atom. The first-order valence-corrected chi connectivity index (χ1v) is 8.22. The Labute approximate surface area is 152 Å². The fourth-order valence-electron chi connectivity index (χ4n) is 2.37. The number of anilines is 1. The molecule has 0 aliphatic heterocycles. The van der Waals surface area contributed by atoms with Gasteiger partial charge in [0.15, 0.2) is 5.78 Å². The molecular weight excluding hydrogens is 324 g/mol. The number of carbonyl (C=O) groups excluding carboxylic acids is 2. The molecule has 0 saturated carbocycles. The predicted octanol–water partition coefficient (Wildman–Crippen LogP) is 4.54. The van der Waals surface area contributed by atoms with Crippen LogP contribution in [0.4, 0.5) is 5.69 Å². The van der Waals surface area contributed by atoms with Crippen LogP contribution in [0.2, 0.25) is 0 Å². The minimum Gasteiger partial charge on any atom is -0.322 e. The summed E-state index contributed by atoms with van der Waals surface area (Å²) in [7, 11) is 0. The van der Waals surface area contributed by atoms with Gasteiger partial charge >= 0.3 is 0 Å². The molecule has 4 heteroatoms. The average Bonchev–Trinajstić information content (AvgIpc) is 2.68. The minimum absolute atomic E-state index is 0.106. The molecule has 3 aromatic rings. The van der Waals surface area contributed by atoms with Crippen LogP contribution in [0.15, 0.2) is 79.1 Å². The Balaban J connectivity index is 1.64. The molecule has 0 saturated heterocycles. The van der Waals surface area contributed by atoms with Gasteiger partial charge in [0, 0.05) is 29.2 Å². The summed E-state index contributed by atoms with van der Waals surface area (Å²) in [5, 5.41) is 2.83. The van der Waals surface area contributed by atoms with Crippen LogP contribution < -0.4 is 5.32 Å². The van der Waals surface area contributed by atoms with E-state index in [1.807, 2.05) is 31.2 Å². The van der Waals surface area contributed by atoms with E-state index in [0.29, 0.717) is 16.8 Å². The Kier molecular flexibility index (Phi) is 5.34. The second-order valence-corrected chi connectivity index (χ2v) is 5.88. The van der Waals surface area contributed by atoms with Crippen molar-refractivity contribution < 1.29 is 9.59 Å². The lowest BCUT2D eigenvalue weighted by Crippen LogP contribution is -2.11. The van der Waals surface area contributed by atoms with E-state index in [2.05, 4.69) is 10.3 Å². The van der Waals surface area contributed by atoms with E-state index in [4.69, 9.17) is 0 Å². The van der Waals surface area contributed by atoms with E-state index in [1.54, 1.807) is 54.9 Å². The smallest absolute Gasteiger partial charge is 0.255 e. The van der Waals surface area contributed by atoms with Crippen LogP contribution in [0.25, 0.3) is 6.08 Å². The first-order chi connectivity index (χ1) is 12.6. The lowest BCUT2D eigenvalue weighted by molar-refractivity contribution is 0.102. The van der Waals surface area contributed by atoms with Crippen molar-refractivity contribution >= 4 is 23.5 Å². The molecule has 0 aliphatic rings. The number of aromatic nitrogens is 1. The molecule has 3 rings (SSSR count). The van der Waals surface area contributed by atoms with Gasteiger partial charge in [0.25, 0.3) is 5.91 Å². The highest BCUT2D eigenvalue weighted by molar-refractivity contribution is 6.07. The second kappa shape index (κ2) is 8.03. The normalized spacial score (nSPS) is 10.7. The molecule has 0 unspecified atom stereocenters. The number of carbonyl (C=O) groups is 2. The highest BCUT2D eigenvalue weighted by atomic mass is 16.1. The van der Waals surface area contributed by atoms with Crippen LogP contribution >= 0.6 is 0 Å². The summed E-state index contributed by atoms with van der Waals surface area (Å²) in [6.07, 6.45) is 6.61. The third-order valence-electron chi connectivity index (χ3n) is 3.85. The number of aryl methyl sites for hydroxylation is 1. The molecule has 26 heavy (non-hydrogen) atoms. The largest absolute Gasteiger partial charge is 0.322 e. The lowest BCUT2D eigenvalue weighted by atomic mass is 10.1. The summed E-state index contributed by atoms with van der Waals surface area (Å²) < 4.78 is 0. The molecule has 0 atom stereocenters. The van der Waals surface area contributed by atoms with Gasteiger partial charge in [-0.25, -0.2) is 0 Å². The standard InChI is InChI=1S/C22H18N2O2/c1-16-4-7-19(8-5-16)22(26)24-20-11-9-18(10-12-20)21(25)13-6-17-3-2-14-23-15-17/h2-15H,1H3,(H,24,26)/b13-6+. The van der Waals surface area contributed by atoms with E-state index in [1.165, 1.54) is 6.08 Å². The van der Waals surface area contributed by atoms with E-state index in [9.17, 15) is 9.59 Å². The van der Waals surface area contributed by atoms with Crippen molar-refractivity contribution in [2.75, 3.05) is 5.32 Å². The van der Waals surface area contributed by atoms with E-state index < -0.39 is 0 Å². The molecule has 0 bridgehead atoms. The molecule has 1 heterocycles. The van der Waals surface area contributed by atoms with Crippen molar-refractivity contribution in [3.8, 4) is 0 Å². The molecule has 0 spiro atoms. The van der Waals surface area contributed by atoms with E-state index in [0.717, 1.165) is 11.1 Å². The highest BCUT2D eigenvalue weighted by Gasteiger charge is 2.07. The van der Waals surface area contributed by atoms with Gasteiger partial charge < -0.3 is 5.32 Å². The summed E-state index contributed by atoms with van der Waals surface area (Å²) in [4.78, 5) is 28.4. The monoisotopic (exact) mass is 342 g/mol. The molecule has 2 aromatic carbocycles. The molecule has 0 radical (unpaired) electrons. The predicted molar refractivity (Wildman–Crippen MR) is 103 cm³/mol. The Bertz CT molecular complexity index is 928. The van der Waals surface area contributed by atoms with E-state index >= 15 is 0 Å². The maximum Gasteiger partial charge on any atom is 0.255 e. The zero-order valence-electron chi connectivity index (χ0n) is 14.3. The number of benzene rings is 2. The maximum atomic E-state index is 12.2. The van der Waals surface area contributed by atoms with Crippen molar-refractivity contribution in [3.05, 3.63) is 101 Å². The van der Waals surface area contributed by atoms with Gasteiger partial charge in [-0.05, 0) is 67.1 Å². The van der Waals surface area contributed by atoms with Gasteiger partial charge in [0.1, 0.15) is 0 Å². The number of ketones is 1. The number of rotatable bonds is 5. The number of hydrogen-bond donors (Lipinski definition) is 1. The summed E-state index contributed by atoms with van der Waals surface area (Å²) in [6.45, 7) is 1.97. The van der Waals surface area contributed by atoms with Gasteiger partial charge in [-0.1, -0.05) is 23.8 Å². The summed E-state index contributed by atoms with van der Waals surface area (Å²) in [6, 6.07) is 17.9. The minimum atomic E-state index is -0.180. The number of pyridine rings is 1. The first-order valence-electron chi connectivity index (χ1n) is 8.22. The molecule has 128 valence electrons. The van der Waals surface area contributed by atoms with E-state index in [-0.39, 0.29) is 11.7 Å². The summed E-state index contributed by atoms with van der Waals surface area (Å²) in [5.41, 5.74) is 3.75. The van der Waals surface area contributed by atoms with Gasteiger partial charge in [-0.15, -0.1) is 0 Å². The number of nitrogens with one attached hydrogen (secondary N) is 1. The van der Waals surface area contributed by atoms with Crippen molar-refractivity contribution in [3.63, 3.8) is 0 Å². The zero-order chi connectivity index (χ0) is 18.4. The summed E-state index contributed by atoms with van der Waals surface area (Å²) in [5.74, 6) is -0.286. The third-order valence-corrected chi connectivity index (χ3v) is 3.85. The number of hydrogen-bond acceptors (Lipinski definition) is 3. The second-order valence-electron chi connectivity index (χ2n) is 5.88. The van der Waals surface area contributed by atoms with Gasteiger partial charge in [0.05, 0.1) is 0 Å². The molecule has 4 nitrogen and oxygen atoms in total. The number of amides is 1. The molecule has 0 fully saturated rings. The van der Waals surface area contributed by atoms with Crippen molar-refractivity contribution in [1.82, 2.24) is 4.98 Å². The third kappa shape index (κ3) is 4.51. The molecule has 1 aromatic heterocycles. The summed E-state index contributed by atoms with van der Waals surface area (Å²) >= 11 is 0.